The van der Waals surface area contributed by atoms with Gasteiger partial charge in [-0.05, 0) is 47.5 Å². The van der Waals surface area contributed by atoms with E-state index in [4.69, 9.17) is 10.8 Å². The molecular weight excluding hydrogens is 314 g/mol. The van der Waals surface area contributed by atoms with E-state index in [0.717, 1.165) is 31.5 Å². The van der Waals surface area contributed by atoms with Crippen LogP contribution < -0.4 is 5.73 Å². The first kappa shape index (κ1) is 16.0. The second kappa shape index (κ2) is 5.80. The first-order valence-electron chi connectivity index (χ1n) is 7.87. The number of aromatic nitrogens is 2. The van der Waals surface area contributed by atoms with Gasteiger partial charge in [-0.25, -0.2) is 0 Å². The molecule has 1 aromatic heterocycles. The molecule has 0 radical (unpaired) electrons. The minimum Gasteiger partial charge on any atom is -0.324 e. The van der Waals surface area contributed by atoms with Crippen molar-refractivity contribution in [2.75, 3.05) is 0 Å². The van der Waals surface area contributed by atoms with Crippen LogP contribution >= 0.6 is 15.9 Å². The quantitative estimate of drug-likeness (QED) is 0.896. The molecule has 2 rings (SSSR count). The summed E-state index contributed by atoms with van der Waals surface area (Å²) >= 11 is 3.75. The summed E-state index contributed by atoms with van der Waals surface area (Å²) in [5.74, 6) is 0. The van der Waals surface area contributed by atoms with Crippen LogP contribution in [0.1, 0.15) is 64.8 Å². The van der Waals surface area contributed by atoms with Gasteiger partial charge in [0, 0.05) is 18.5 Å². The Kier molecular flexibility index (Phi) is 4.65. The molecule has 1 aliphatic rings. The molecule has 1 saturated carbocycles. The van der Waals surface area contributed by atoms with Crippen LogP contribution in [0.3, 0.4) is 0 Å². The molecule has 1 aliphatic carbocycles. The summed E-state index contributed by atoms with van der Waals surface area (Å²) in [5, 5.41) is 4.71. The minimum atomic E-state index is -0.119. The Morgan fingerprint density at radius 3 is 2.45 bits per heavy atom. The van der Waals surface area contributed by atoms with Crippen LogP contribution in [-0.2, 0) is 19.4 Å². The van der Waals surface area contributed by atoms with E-state index in [9.17, 15) is 0 Å². The zero-order chi connectivity index (χ0) is 15.0. The summed E-state index contributed by atoms with van der Waals surface area (Å²) < 4.78 is 3.30. The fourth-order valence-corrected chi connectivity index (χ4v) is 4.11. The van der Waals surface area contributed by atoms with E-state index < -0.39 is 0 Å². The molecule has 2 N–H and O–H groups in total. The van der Waals surface area contributed by atoms with Crippen molar-refractivity contribution in [3.8, 4) is 0 Å². The van der Waals surface area contributed by atoms with Crippen molar-refractivity contribution in [2.45, 2.75) is 78.3 Å². The zero-order valence-corrected chi connectivity index (χ0v) is 14.9. The summed E-state index contributed by atoms with van der Waals surface area (Å²) in [6.45, 7) is 9.86. The van der Waals surface area contributed by atoms with Crippen molar-refractivity contribution in [3.63, 3.8) is 0 Å². The largest absolute Gasteiger partial charge is 0.324 e. The Morgan fingerprint density at radius 2 is 1.90 bits per heavy atom. The van der Waals surface area contributed by atoms with Gasteiger partial charge >= 0.3 is 0 Å². The van der Waals surface area contributed by atoms with Gasteiger partial charge in [0.25, 0.3) is 0 Å². The van der Waals surface area contributed by atoms with Crippen molar-refractivity contribution in [3.05, 3.63) is 15.9 Å². The number of rotatable bonds is 4. The molecular formula is C16H28BrN3. The maximum atomic E-state index is 6.85. The molecule has 4 heteroatoms. The lowest BCUT2D eigenvalue weighted by atomic mass is 9.62. The molecule has 1 atom stereocenters. The third-order valence-electron chi connectivity index (χ3n) is 5.20. The first-order chi connectivity index (χ1) is 9.34. The molecule has 20 heavy (non-hydrogen) atoms. The van der Waals surface area contributed by atoms with Gasteiger partial charge in [0.1, 0.15) is 0 Å². The third kappa shape index (κ3) is 2.69. The molecule has 1 heterocycles. The van der Waals surface area contributed by atoms with Gasteiger partial charge in [0.05, 0.1) is 15.9 Å². The Labute approximate surface area is 131 Å². The molecule has 114 valence electrons. The molecule has 0 bridgehead atoms. The Morgan fingerprint density at radius 1 is 1.25 bits per heavy atom. The lowest BCUT2D eigenvalue weighted by Gasteiger charge is -2.48. The summed E-state index contributed by atoms with van der Waals surface area (Å²) in [7, 11) is 0. The van der Waals surface area contributed by atoms with Gasteiger partial charge in [-0.2, -0.15) is 5.10 Å². The van der Waals surface area contributed by atoms with E-state index in [1.165, 1.54) is 29.4 Å². The molecule has 0 spiro atoms. The van der Waals surface area contributed by atoms with E-state index in [1.54, 1.807) is 0 Å². The maximum absolute atomic E-state index is 6.85. The normalized spacial score (nSPS) is 25.9. The molecule has 1 aromatic rings. The number of nitrogens with two attached hydrogens (primary N) is 1. The van der Waals surface area contributed by atoms with Crippen molar-refractivity contribution >= 4 is 15.9 Å². The predicted octanol–water partition coefficient (Wildman–Crippen LogP) is 4.07. The van der Waals surface area contributed by atoms with Crippen molar-refractivity contribution < 1.29 is 0 Å². The molecule has 0 aromatic carbocycles. The van der Waals surface area contributed by atoms with Crippen LogP contribution in [0.15, 0.2) is 4.47 Å². The highest BCUT2D eigenvalue weighted by atomic mass is 79.9. The Hall–Kier alpha value is -0.350. The van der Waals surface area contributed by atoms with Gasteiger partial charge in [0.15, 0.2) is 0 Å². The van der Waals surface area contributed by atoms with Gasteiger partial charge in [-0.1, -0.05) is 33.6 Å². The van der Waals surface area contributed by atoms with Crippen molar-refractivity contribution in [1.82, 2.24) is 9.78 Å². The van der Waals surface area contributed by atoms with Crippen LogP contribution in [0.4, 0.5) is 0 Å². The number of hydrogen-bond donors (Lipinski definition) is 1. The van der Waals surface area contributed by atoms with Crippen molar-refractivity contribution in [1.29, 1.82) is 0 Å². The second-order valence-corrected chi connectivity index (χ2v) is 7.59. The lowest BCUT2D eigenvalue weighted by molar-refractivity contribution is 0.0968. The van der Waals surface area contributed by atoms with Gasteiger partial charge in [-0.3, -0.25) is 4.68 Å². The molecule has 1 fully saturated rings. The van der Waals surface area contributed by atoms with E-state index in [-0.39, 0.29) is 11.0 Å². The number of halogens is 1. The highest BCUT2D eigenvalue weighted by Crippen LogP contribution is 2.44. The average Bonchev–Trinajstić information content (AvgIpc) is 2.70. The average molecular weight is 342 g/mol. The minimum absolute atomic E-state index is 0.119. The summed E-state index contributed by atoms with van der Waals surface area (Å²) in [6.07, 6.45) is 6.77. The Bertz CT molecular complexity index is 478. The van der Waals surface area contributed by atoms with E-state index in [1.807, 2.05) is 0 Å². The van der Waals surface area contributed by atoms with Crippen LogP contribution in [0.2, 0.25) is 0 Å². The van der Waals surface area contributed by atoms with Gasteiger partial charge < -0.3 is 5.73 Å². The Balaban J connectivity index is 2.35. The SMILES string of the molecule is CCc1nn(CC)c(CC2(N)CCCCC2(C)C)c1Br. The molecule has 0 saturated heterocycles. The summed E-state index contributed by atoms with van der Waals surface area (Å²) in [4.78, 5) is 0. The van der Waals surface area contributed by atoms with Crippen LogP contribution in [0.25, 0.3) is 0 Å². The summed E-state index contributed by atoms with van der Waals surface area (Å²) in [5.41, 5.74) is 9.36. The topological polar surface area (TPSA) is 43.8 Å². The van der Waals surface area contributed by atoms with Crippen LogP contribution in [-0.4, -0.2) is 15.3 Å². The highest BCUT2D eigenvalue weighted by molar-refractivity contribution is 9.10. The summed E-state index contributed by atoms with van der Waals surface area (Å²) in [6, 6.07) is 0. The van der Waals surface area contributed by atoms with Gasteiger partial charge in [0.2, 0.25) is 0 Å². The number of aryl methyl sites for hydroxylation is 2. The second-order valence-electron chi connectivity index (χ2n) is 6.80. The number of hydrogen-bond acceptors (Lipinski definition) is 2. The van der Waals surface area contributed by atoms with E-state index in [2.05, 4.69) is 48.3 Å². The predicted molar refractivity (Wildman–Crippen MR) is 87.9 cm³/mol. The number of nitrogens with zero attached hydrogens (tertiary/aromatic N) is 2. The molecule has 1 unspecified atom stereocenters. The van der Waals surface area contributed by atoms with Crippen LogP contribution in [0.5, 0.6) is 0 Å². The fraction of sp³-hybridized carbons (Fsp3) is 0.812. The maximum Gasteiger partial charge on any atom is 0.0766 e. The fourth-order valence-electron chi connectivity index (χ4n) is 3.41. The first-order valence-corrected chi connectivity index (χ1v) is 8.67. The molecule has 0 aliphatic heterocycles. The lowest BCUT2D eigenvalue weighted by Crippen LogP contribution is -2.56. The molecule has 0 amide bonds. The van der Waals surface area contributed by atoms with E-state index >= 15 is 0 Å². The van der Waals surface area contributed by atoms with E-state index in [0.29, 0.717) is 0 Å². The zero-order valence-electron chi connectivity index (χ0n) is 13.3. The van der Waals surface area contributed by atoms with Gasteiger partial charge in [-0.15, -0.1) is 0 Å². The van der Waals surface area contributed by atoms with Crippen LogP contribution in [0, 0.1) is 5.41 Å². The molecule has 3 nitrogen and oxygen atoms in total. The monoisotopic (exact) mass is 341 g/mol. The highest BCUT2D eigenvalue weighted by Gasteiger charge is 2.44. The third-order valence-corrected chi connectivity index (χ3v) is 6.11. The standard InChI is InChI=1S/C16H28BrN3/c1-5-12-14(17)13(20(6-2)19-12)11-16(18)10-8-7-9-15(16,3)4/h5-11,18H2,1-4H3. The van der Waals surface area contributed by atoms with Crippen molar-refractivity contribution in [2.24, 2.45) is 11.1 Å². The smallest absolute Gasteiger partial charge is 0.0766 e.